The van der Waals surface area contributed by atoms with Gasteiger partial charge in [0.1, 0.15) is 11.5 Å². The van der Waals surface area contributed by atoms with Crippen LogP contribution < -0.4 is 4.74 Å². The van der Waals surface area contributed by atoms with Crippen LogP contribution in [-0.4, -0.2) is 28.3 Å². The minimum Gasteiger partial charge on any atom is -0.507 e. The van der Waals surface area contributed by atoms with Crippen molar-refractivity contribution in [2.75, 3.05) is 6.61 Å². The Hall–Kier alpha value is -3.38. The number of carbonyl (C=O) groups is 2. The highest BCUT2D eigenvalue weighted by atomic mass is 32.1. The van der Waals surface area contributed by atoms with Crippen molar-refractivity contribution in [3.63, 3.8) is 0 Å². The smallest absolute Gasteiger partial charge is 0.295 e. The lowest BCUT2D eigenvalue weighted by molar-refractivity contribution is -0.140. The van der Waals surface area contributed by atoms with Crippen molar-refractivity contribution in [1.29, 1.82) is 0 Å². The second-order valence-corrected chi connectivity index (χ2v) is 7.87. The molecular formula is C24H21NO4S. The van der Waals surface area contributed by atoms with Gasteiger partial charge in [0.25, 0.3) is 11.7 Å². The average molecular weight is 420 g/mol. The number of Topliss-reactive ketones (excluding diaryl/α,β-unsaturated/α-hetero) is 1. The molecule has 1 aliphatic rings. The quantitative estimate of drug-likeness (QED) is 0.355. The molecule has 1 N–H and O–H groups in total. The maximum atomic E-state index is 13.0. The minimum atomic E-state index is -0.677. The number of aliphatic hydroxyl groups is 1. The van der Waals surface area contributed by atoms with E-state index < -0.39 is 17.7 Å². The first-order chi connectivity index (χ1) is 14.6. The molecule has 1 saturated heterocycles. The first kappa shape index (κ1) is 19.9. The predicted octanol–water partition coefficient (Wildman–Crippen LogP) is 4.77. The molecule has 1 unspecified atom stereocenters. The molecule has 2 aromatic carbocycles. The highest BCUT2D eigenvalue weighted by Gasteiger charge is 2.46. The second kappa shape index (κ2) is 8.55. The topological polar surface area (TPSA) is 66.8 Å². The van der Waals surface area contributed by atoms with Crippen LogP contribution in [0.5, 0.6) is 5.75 Å². The number of rotatable bonds is 6. The number of thiophene rings is 1. The number of hydrogen-bond donors (Lipinski definition) is 1. The van der Waals surface area contributed by atoms with Crippen LogP contribution in [0.15, 0.2) is 77.7 Å². The van der Waals surface area contributed by atoms with Gasteiger partial charge in [0.05, 0.1) is 18.2 Å². The van der Waals surface area contributed by atoms with Crippen LogP contribution in [0.1, 0.15) is 29.0 Å². The summed E-state index contributed by atoms with van der Waals surface area (Å²) in [5, 5.41) is 13.0. The van der Waals surface area contributed by atoms with Crippen molar-refractivity contribution in [2.45, 2.75) is 19.5 Å². The summed E-state index contributed by atoms with van der Waals surface area (Å²) in [6.07, 6.45) is 0. The number of aliphatic hydroxyl groups excluding tert-OH is 1. The molecule has 0 bridgehead atoms. The summed E-state index contributed by atoms with van der Waals surface area (Å²) in [4.78, 5) is 28.3. The Labute approximate surface area is 178 Å². The van der Waals surface area contributed by atoms with Gasteiger partial charge in [-0.2, -0.15) is 0 Å². The van der Waals surface area contributed by atoms with E-state index in [0.717, 1.165) is 10.4 Å². The minimum absolute atomic E-state index is 0.104. The fourth-order valence-electron chi connectivity index (χ4n) is 3.62. The average Bonchev–Trinajstić information content (AvgIpc) is 3.37. The molecule has 0 saturated carbocycles. The van der Waals surface area contributed by atoms with Crippen LogP contribution in [0.2, 0.25) is 0 Å². The highest BCUT2D eigenvalue weighted by molar-refractivity contribution is 7.10. The lowest BCUT2D eigenvalue weighted by atomic mass is 9.99. The number of carbonyl (C=O) groups excluding carboxylic acids is 2. The van der Waals surface area contributed by atoms with Gasteiger partial charge in [-0.05, 0) is 36.1 Å². The largest absolute Gasteiger partial charge is 0.507 e. The summed E-state index contributed by atoms with van der Waals surface area (Å²) in [5.74, 6) is -0.889. The molecule has 0 aliphatic carbocycles. The van der Waals surface area contributed by atoms with Gasteiger partial charge in [0.2, 0.25) is 0 Å². The number of ketones is 1. The molecule has 5 nitrogen and oxygen atoms in total. The summed E-state index contributed by atoms with van der Waals surface area (Å²) in [6.45, 7) is 2.64. The monoisotopic (exact) mass is 419 g/mol. The van der Waals surface area contributed by atoms with Gasteiger partial charge in [0.15, 0.2) is 0 Å². The van der Waals surface area contributed by atoms with E-state index in [1.54, 1.807) is 24.3 Å². The van der Waals surface area contributed by atoms with E-state index >= 15 is 0 Å². The summed E-state index contributed by atoms with van der Waals surface area (Å²) in [7, 11) is 0. The Morgan fingerprint density at radius 2 is 1.87 bits per heavy atom. The molecular weight excluding hydrogens is 398 g/mol. The summed E-state index contributed by atoms with van der Waals surface area (Å²) in [6, 6.07) is 19.5. The van der Waals surface area contributed by atoms with Crippen LogP contribution in [0.25, 0.3) is 5.76 Å². The Bertz CT molecular complexity index is 1090. The van der Waals surface area contributed by atoms with Gasteiger partial charge in [0, 0.05) is 17.0 Å². The molecule has 1 aliphatic heterocycles. The third-order valence-corrected chi connectivity index (χ3v) is 5.89. The third-order valence-electron chi connectivity index (χ3n) is 4.97. The van der Waals surface area contributed by atoms with Crippen molar-refractivity contribution in [3.8, 4) is 5.75 Å². The van der Waals surface area contributed by atoms with Crippen LogP contribution in [0, 0.1) is 0 Å². The van der Waals surface area contributed by atoms with Crippen LogP contribution in [0.4, 0.5) is 0 Å². The molecule has 0 spiro atoms. The molecule has 1 amide bonds. The van der Waals surface area contributed by atoms with Crippen LogP contribution in [-0.2, 0) is 16.1 Å². The third kappa shape index (κ3) is 3.74. The van der Waals surface area contributed by atoms with Crippen molar-refractivity contribution in [1.82, 2.24) is 4.90 Å². The lowest BCUT2D eigenvalue weighted by Crippen LogP contribution is -2.28. The van der Waals surface area contributed by atoms with Crippen molar-refractivity contribution < 1.29 is 19.4 Å². The zero-order chi connectivity index (χ0) is 21.1. The van der Waals surface area contributed by atoms with Crippen LogP contribution in [0.3, 0.4) is 0 Å². The Morgan fingerprint density at radius 3 is 2.57 bits per heavy atom. The van der Waals surface area contributed by atoms with Gasteiger partial charge in [-0.25, -0.2) is 0 Å². The Kier molecular flexibility index (Phi) is 5.68. The number of benzene rings is 2. The van der Waals surface area contributed by atoms with Gasteiger partial charge >= 0.3 is 0 Å². The molecule has 1 atom stereocenters. The summed E-state index contributed by atoms with van der Waals surface area (Å²) in [5.41, 5.74) is 1.46. The van der Waals surface area contributed by atoms with E-state index in [4.69, 9.17) is 4.74 Å². The zero-order valence-corrected chi connectivity index (χ0v) is 17.3. The first-order valence-corrected chi connectivity index (χ1v) is 10.6. The van der Waals surface area contributed by atoms with Crippen molar-refractivity contribution >= 4 is 28.8 Å². The SMILES string of the molecule is CCOc1cccc(C(O)=C2C(=O)C(=O)N(Cc3ccccc3)C2c2cccs2)c1. The maximum Gasteiger partial charge on any atom is 0.295 e. The fraction of sp³-hybridized carbons (Fsp3) is 0.167. The number of amides is 1. The summed E-state index contributed by atoms with van der Waals surface area (Å²) >= 11 is 1.45. The predicted molar refractivity (Wildman–Crippen MR) is 116 cm³/mol. The highest BCUT2D eigenvalue weighted by Crippen LogP contribution is 2.42. The van der Waals surface area contributed by atoms with E-state index in [2.05, 4.69) is 0 Å². The van der Waals surface area contributed by atoms with E-state index in [-0.39, 0.29) is 17.9 Å². The summed E-state index contributed by atoms with van der Waals surface area (Å²) < 4.78 is 5.51. The van der Waals surface area contributed by atoms with Gasteiger partial charge < -0.3 is 14.7 Å². The molecule has 6 heteroatoms. The molecule has 30 heavy (non-hydrogen) atoms. The van der Waals surface area contributed by atoms with Crippen molar-refractivity contribution in [2.24, 2.45) is 0 Å². The maximum absolute atomic E-state index is 13.0. The van der Waals surface area contributed by atoms with E-state index in [1.807, 2.05) is 54.8 Å². The molecule has 1 fully saturated rings. The van der Waals surface area contributed by atoms with E-state index in [9.17, 15) is 14.7 Å². The molecule has 4 rings (SSSR count). The molecule has 3 aromatic rings. The number of ether oxygens (including phenoxy) is 1. The van der Waals surface area contributed by atoms with Crippen molar-refractivity contribution in [3.05, 3.63) is 93.7 Å². The van der Waals surface area contributed by atoms with Crippen LogP contribution >= 0.6 is 11.3 Å². The van der Waals surface area contributed by atoms with Gasteiger partial charge in [-0.1, -0.05) is 48.5 Å². The number of likely N-dealkylation sites (tertiary alicyclic amines) is 1. The molecule has 1 aromatic heterocycles. The fourth-order valence-corrected chi connectivity index (χ4v) is 4.47. The molecule has 152 valence electrons. The number of hydrogen-bond acceptors (Lipinski definition) is 5. The first-order valence-electron chi connectivity index (χ1n) is 9.69. The Balaban J connectivity index is 1.81. The van der Waals surface area contributed by atoms with E-state index in [1.165, 1.54) is 16.2 Å². The van der Waals surface area contributed by atoms with E-state index in [0.29, 0.717) is 17.9 Å². The van der Waals surface area contributed by atoms with Gasteiger partial charge in [-0.15, -0.1) is 11.3 Å². The lowest BCUT2D eigenvalue weighted by Gasteiger charge is -2.24. The molecule has 0 radical (unpaired) electrons. The normalized spacial score (nSPS) is 18.0. The zero-order valence-electron chi connectivity index (χ0n) is 16.4. The standard InChI is InChI=1S/C24H21NO4S/c1-2-29-18-11-6-10-17(14-18)22(26)20-21(19-12-7-13-30-19)25(24(28)23(20)27)15-16-8-4-3-5-9-16/h3-14,21,26H,2,15H2,1H3. The van der Waals surface area contributed by atoms with Gasteiger partial charge in [-0.3, -0.25) is 9.59 Å². The number of nitrogens with zero attached hydrogens (tertiary/aromatic N) is 1. The Morgan fingerprint density at radius 1 is 1.07 bits per heavy atom. The molecule has 2 heterocycles. The second-order valence-electron chi connectivity index (χ2n) is 6.89.